The van der Waals surface area contributed by atoms with Crippen molar-refractivity contribution < 1.29 is 9.47 Å². The summed E-state index contributed by atoms with van der Waals surface area (Å²) in [5.74, 6) is 0.898. The number of ether oxygens (including phenoxy) is 2. The van der Waals surface area contributed by atoms with Crippen molar-refractivity contribution in [3.05, 3.63) is 29.8 Å². The van der Waals surface area contributed by atoms with Gasteiger partial charge in [0.15, 0.2) is 0 Å². The first kappa shape index (κ1) is 15.0. The third-order valence-electron chi connectivity index (χ3n) is 3.35. The molecule has 18 heavy (non-hydrogen) atoms. The molecule has 0 bridgehead atoms. The number of para-hydroxylation sites is 1. The lowest BCUT2D eigenvalue weighted by Gasteiger charge is -2.27. The molecular formula is C15H25NO2. The Morgan fingerprint density at radius 2 is 1.94 bits per heavy atom. The molecule has 0 radical (unpaired) electrons. The van der Waals surface area contributed by atoms with Gasteiger partial charge in [-0.2, -0.15) is 0 Å². The van der Waals surface area contributed by atoms with E-state index in [1.165, 1.54) is 0 Å². The van der Waals surface area contributed by atoms with Gasteiger partial charge < -0.3 is 14.8 Å². The Kier molecular flexibility index (Phi) is 5.63. The molecule has 0 saturated heterocycles. The van der Waals surface area contributed by atoms with Crippen molar-refractivity contribution in [3.63, 3.8) is 0 Å². The van der Waals surface area contributed by atoms with Gasteiger partial charge in [-0.3, -0.25) is 0 Å². The van der Waals surface area contributed by atoms with Crippen LogP contribution in [0.4, 0.5) is 0 Å². The molecule has 0 aliphatic heterocycles. The minimum atomic E-state index is -0.0862. The highest BCUT2D eigenvalue weighted by atomic mass is 16.5. The van der Waals surface area contributed by atoms with Gasteiger partial charge in [0.1, 0.15) is 5.75 Å². The van der Waals surface area contributed by atoms with Crippen molar-refractivity contribution in [3.8, 4) is 5.75 Å². The summed E-state index contributed by atoms with van der Waals surface area (Å²) < 4.78 is 11.4. The number of hydrogen-bond acceptors (Lipinski definition) is 3. The number of nitrogens with one attached hydrogen (secondary N) is 1. The first-order valence-electron chi connectivity index (χ1n) is 6.48. The predicted octanol–water partition coefficient (Wildman–Crippen LogP) is 3.16. The van der Waals surface area contributed by atoms with Gasteiger partial charge in [0.05, 0.1) is 25.4 Å². The largest absolute Gasteiger partial charge is 0.496 e. The van der Waals surface area contributed by atoms with E-state index in [9.17, 15) is 0 Å². The lowest BCUT2D eigenvalue weighted by molar-refractivity contribution is -0.0302. The van der Waals surface area contributed by atoms with Crippen LogP contribution in [0.1, 0.15) is 38.8 Å². The van der Waals surface area contributed by atoms with Crippen molar-refractivity contribution in [2.24, 2.45) is 0 Å². The molecule has 102 valence electrons. The molecule has 3 nitrogen and oxygen atoms in total. The van der Waals surface area contributed by atoms with Gasteiger partial charge in [-0.1, -0.05) is 25.1 Å². The Morgan fingerprint density at radius 1 is 1.28 bits per heavy atom. The molecule has 0 amide bonds. The Morgan fingerprint density at radius 3 is 2.50 bits per heavy atom. The van der Waals surface area contributed by atoms with E-state index in [4.69, 9.17) is 9.47 Å². The average molecular weight is 251 g/mol. The van der Waals surface area contributed by atoms with Crippen LogP contribution in [0.5, 0.6) is 5.75 Å². The molecule has 1 atom stereocenters. The molecule has 0 aliphatic carbocycles. The van der Waals surface area contributed by atoms with Crippen molar-refractivity contribution in [2.45, 2.75) is 38.8 Å². The van der Waals surface area contributed by atoms with Gasteiger partial charge in [0, 0.05) is 5.56 Å². The average Bonchev–Trinajstić information content (AvgIpc) is 2.40. The van der Waals surface area contributed by atoms with Crippen LogP contribution in [0.15, 0.2) is 24.3 Å². The van der Waals surface area contributed by atoms with E-state index in [2.05, 4.69) is 32.2 Å². The fourth-order valence-corrected chi connectivity index (χ4v) is 1.69. The summed E-state index contributed by atoms with van der Waals surface area (Å²) >= 11 is 0. The van der Waals surface area contributed by atoms with E-state index in [1.54, 1.807) is 7.11 Å². The summed E-state index contributed by atoms with van der Waals surface area (Å²) in [6.45, 7) is 7.00. The second kappa shape index (κ2) is 6.76. The molecule has 1 unspecified atom stereocenters. The Balaban J connectivity index is 2.77. The van der Waals surface area contributed by atoms with Crippen LogP contribution in [0.25, 0.3) is 0 Å². The lowest BCUT2D eigenvalue weighted by atomic mass is 10.0. The van der Waals surface area contributed by atoms with Gasteiger partial charge in [0.25, 0.3) is 0 Å². The number of likely N-dealkylation sites (N-methyl/N-ethyl adjacent to an activating group) is 1. The van der Waals surface area contributed by atoms with Crippen molar-refractivity contribution in [1.82, 2.24) is 5.32 Å². The van der Waals surface area contributed by atoms with Crippen LogP contribution in [0, 0.1) is 0 Å². The quantitative estimate of drug-likeness (QED) is 0.807. The second-order valence-corrected chi connectivity index (χ2v) is 5.01. The van der Waals surface area contributed by atoms with Crippen LogP contribution in [-0.4, -0.2) is 26.4 Å². The Labute approximate surface area is 110 Å². The highest BCUT2D eigenvalue weighted by Gasteiger charge is 2.20. The monoisotopic (exact) mass is 251 g/mol. The fourth-order valence-electron chi connectivity index (χ4n) is 1.69. The number of benzene rings is 1. The summed E-state index contributed by atoms with van der Waals surface area (Å²) in [7, 11) is 3.64. The predicted molar refractivity (Wildman–Crippen MR) is 75.1 cm³/mol. The van der Waals surface area contributed by atoms with E-state index in [-0.39, 0.29) is 11.6 Å². The van der Waals surface area contributed by atoms with E-state index in [0.717, 1.165) is 17.7 Å². The zero-order valence-electron chi connectivity index (χ0n) is 12.1. The fraction of sp³-hybridized carbons (Fsp3) is 0.600. The maximum atomic E-state index is 5.97. The third-order valence-corrected chi connectivity index (χ3v) is 3.35. The molecule has 1 N–H and O–H groups in total. The Bertz CT molecular complexity index is 363. The van der Waals surface area contributed by atoms with Gasteiger partial charge >= 0.3 is 0 Å². The molecule has 0 aliphatic rings. The van der Waals surface area contributed by atoms with E-state index in [1.807, 2.05) is 25.2 Å². The van der Waals surface area contributed by atoms with E-state index in [0.29, 0.717) is 6.61 Å². The Hall–Kier alpha value is -1.06. The smallest absolute Gasteiger partial charge is 0.123 e. The molecular weight excluding hydrogens is 226 g/mol. The first-order chi connectivity index (χ1) is 8.54. The van der Waals surface area contributed by atoms with Gasteiger partial charge in [-0.15, -0.1) is 0 Å². The van der Waals surface area contributed by atoms with Crippen molar-refractivity contribution >= 4 is 0 Å². The van der Waals surface area contributed by atoms with Crippen LogP contribution >= 0.6 is 0 Å². The van der Waals surface area contributed by atoms with Gasteiger partial charge in [-0.25, -0.2) is 0 Å². The lowest BCUT2D eigenvalue weighted by Crippen LogP contribution is -2.30. The minimum absolute atomic E-state index is 0.0862. The van der Waals surface area contributed by atoms with Gasteiger partial charge in [-0.05, 0) is 33.4 Å². The first-order valence-corrected chi connectivity index (χ1v) is 6.48. The number of hydrogen-bond donors (Lipinski definition) is 1. The number of methoxy groups -OCH3 is 1. The summed E-state index contributed by atoms with van der Waals surface area (Å²) in [5, 5.41) is 3.28. The molecule has 1 aromatic rings. The molecule has 0 fully saturated rings. The minimum Gasteiger partial charge on any atom is -0.496 e. The summed E-state index contributed by atoms with van der Waals surface area (Å²) in [5.41, 5.74) is 1.05. The zero-order valence-corrected chi connectivity index (χ0v) is 12.1. The molecule has 3 heteroatoms. The van der Waals surface area contributed by atoms with Crippen LogP contribution in [-0.2, 0) is 4.74 Å². The standard InChI is InChI=1S/C15H25NO2/c1-6-15(2,3)18-11-13(16-4)12-9-7-8-10-14(12)17-5/h7-10,13,16H,6,11H2,1-5H3. The molecule has 0 aromatic heterocycles. The highest BCUT2D eigenvalue weighted by Crippen LogP contribution is 2.26. The molecule has 1 aromatic carbocycles. The summed E-state index contributed by atoms with van der Waals surface area (Å²) in [6.07, 6.45) is 0.995. The normalized spacial score (nSPS) is 13.4. The molecule has 0 heterocycles. The number of rotatable bonds is 7. The highest BCUT2D eigenvalue weighted by molar-refractivity contribution is 5.35. The molecule has 0 spiro atoms. The topological polar surface area (TPSA) is 30.5 Å². The summed E-state index contributed by atoms with van der Waals surface area (Å²) in [6, 6.07) is 8.19. The molecule has 0 saturated carbocycles. The van der Waals surface area contributed by atoms with Crippen LogP contribution in [0.3, 0.4) is 0 Å². The zero-order chi connectivity index (χ0) is 13.6. The van der Waals surface area contributed by atoms with Gasteiger partial charge in [0.2, 0.25) is 0 Å². The maximum Gasteiger partial charge on any atom is 0.123 e. The SMILES string of the molecule is CCC(C)(C)OCC(NC)c1ccccc1OC. The van der Waals surface area contributed by atoms with Crippen molar-refractivity contribution in [1.29, 1.82) is 0 Å². The molecule has 1 rings (SSSR count). The maximum absolute atomic E-state index is 5.97. The van der Waals surface area contributed by atoms with E-state index < -0.39 is 0 Å². The summed E-state index contributed by atoms with van der Waals surface area (Å²) in [4.78, 5) is 0. The van der Waals surface area contributed by atoms with E-state index >= 15 is 0 Å². The third kappa shape index (κ3) is 4.00. The van der Waals surface area contributed by atoms with Crippen molar-refractivity contribution in [2.75, 3.05) is 20.8 Å². The van der Waals surface area contributed by atoms with Crippen LogP contribution in [0.2, 0.25) is 0 Å². The van der Waals surface area contributed by atoms with Crippen LogP contribution < -0.4 is 10.1 Å². The second-order valence-electron chi connectivity index (χ2n) is 5.01.